The summed E-state index contributed by atoms with van der Waals surface area (Å²) in [7, 11) is 0. The van der Waals surface area contributed by atoms with Gasteiger partial charge in [0, 0.05) is 37.1 Å². The molecule has 0 bridgehead atoms. The zero-order valence-electron chi connectivity index (χ0n) is 12.8. The van der Waals surface area contributed by atoms with Crippen LogP contribution in [0.3, 0.4) is 0 Å². The third kappa shape index (κ3) is 4.83. The second-order valence-electron chi connectivity index (χ2n) is 5.08. The Bertz CT molecular complexity index is 510. The number of anilines is 1. The van der Waals surface area contributed by atoms with Crippen LogP contribution < -0.4 is 10.6 Å². The van der Waals surface area contributed by atoms with Crippen molar-refractivity contribution >= 4 is 5.95 Å². The Morgan fingerprint density at radius 1 is 1.05 bits per heavy atom. The minimum absolute atomic E-state index is 0.379. The summed E-state index contributed by atoms with van der Waals surface area (Å²) in [5.74, 6) is 0.689. The molecule has 0 aliphatic rings. The number of hydrogen-bond acceptors (Lipinski definition) is 4. The molecule has 1 unspecified atom stereocenters. The molecule has 0 radical (unpaired) electrons. The van der Waals surface area contributed by atoms with Gasteiger partial charge in [0.25, 0.3) is 0 Å². The second-order valence-corrected chi connectivity index (χ2v) is 5.08. The van der Waals surface area contributed by atoms with Crippen LogP contribution in [0.15, 0.2) is 42.7 Å². The molecule has 0 saturated carbocycles. The van der Waals surface area contributed by atoms with Gasteiger partial charge < -0.3 is 10.6 Å². The van der Waals surface area contributed by atoms with Crippen molar-refractivity contribution in [3.63, 3.8) is 0 Å². The molecule has 0 amide bonds. The topological polar surface area (TPSA) is 49.8 Å². The molecule has 4 heteroatoms. The highest BCUT2D eigenvalue weighted by atomic mass is 15.1. The van der Waals surface area contributed by atoms with Crippen molar-refractivity contribution in [1.82, 2.24) is 15.3 Å². The van der Waals surface area contributed by atoms with E-state index in [1.165, 1.54) is 5.56 Å². The monoisotopic (exact) mass is 284 g/mol. The molecule has 0 aliphatic carbocycles. The Balaban J connectivity index is 1.95. The van der Waals surface area contributed by atoms with Gasteiger partial charge in [-0.3, -0.25) is 0 Å². The van der Waals surface area contributed by atoms with Crippen molar-refractivity contribution in [2.45, 2.75) is 39.3 Å². The molecule has 2 aromatic rings. The molecule has 0 saturated heterocycles. The van der Waals surface area contributed by atoms with Gasteiger partial charge in [-0.2, -0.15) is 0 Å². The van der Waals surface area contributed by atoms with Gasteiger partial charge in [0.2, 0.25) is 5.95 Å². The van der Waals surface area contributed by atoms with E-state index in [0.717, 1.165) is 31.5 Å². The van der Waals surface area contributed by atoms with Crippen molar-refractivity contribution in [3.8, 4) is 0 Å². The fourth-order valence-corrected chi connectivity index (χ4v) is 2.30. The van der Waals surface area contributed by atoms with E-state index in [1.807, 2.05) is 19.3 Å². The molecular weight excluding hydrogens is 260 g/mol. The van der Waals surface area contributed by atoms with Crippen LogP contribution in [-0.4, -0.2) is 16.5 Å². The minimum atomic E-state index is 0.379. The summed E-state index contributed by atoms with van der Waals surface area (Å²) in [4.78, 5) is 8.61. The summed E-state index contributed by atoms with van der Waals surface area (Å²) in [5.41, 5.74) is 2.44. The predicted molar refractivity (Wildman–Crippen MR) is 87.1 cm³/mol. The van der Waals surface area contributed by atoms with Gasteiger partial charge in [-0.1, -0.05) is 43.7 Å². The minimum Gasteiger partial charge on any atom is -0.355 e. The van der Waals surface area contributed by atoms with E-state index in [9.17, 15) is 0 Å². The van der Waals surface area contributed by atoms with E-state index in [4.69, 9.17) is 0 Å². The van der Waals surface area contributed by atoms with Crippen LogP contribution in [0.25, 0.3) is 0 Å². The molecule has 1 heterocycles. The highest BCUT2D eigenvalue weighted by Gasteiger charge is 2.09. The van der Waals surface area contributed by atoms with E-state index < -0.39 is 0 Å². The highest BCUT2D eigenvalue weighted by Crippen LogP contribution is 2.18. The van der Waals surface area contributed by atoms with E-state index in [-0.39, 0.29) is 0 Å². The molecule has 21 heavy (non-hydrogen) atoms. The smallest absolute Gasteiger partial charge is 0.222 e. The fraction of sp³-hybridized carbons (Fsp3) is 0.412. The highest BCUT2D eigenvalue weighted by molar-refractivity contribution is 5.24. The number of nitrogens with one attached hydrogen (secondary N) is 2. The Hall–Kier alpha value is -1.94. The SMILES string of the molecule is CCCC(NCc1cnc(NCC)nc1)c1ccccc1. The first-order valence-electron chi connectivity index (χ1n) is 7.66. The number of aromatic nitrogens is 2. The van der Waals surface area contributed by atoms with Crippen LogP contribution in [0, 0.1) is 0 Å². The Labute approximate surface area is 127 Å². The van der Waals surface area contributed by atoms with Gasteiger partial charge in [-0.25, -0.2) is 9.97 Å². The van der Waals surface area contributed by atoms with Crippen LogP contribution >= 0.6 is 0 Å². The summed E-state index contributed by atoms with van der Waals surface area (Å²) in [6.07, 6.45) is 6.04. The lowest BCUT2D eigenvalue weighted by Gasteiger charge is -2.18. The van der Waals surface area contributed by atoms with Crippen molar-refractivity contribution < 1.29 is 0 Å². The van der Waals surface area contributed by atoms with Gasteiger partial charge in [0.15, 0.2) is 0 Å². The lowest BCUT2D eigenvalue weighted by Crippen LogP contribution is -2.21. The second kappa shape index (κ2) is 8.37. The molecule has 2 rings (SSSR count). The Morgan fingerprint density at radius 2 is 1.76 bits per heavy atom. The van der Waals surface area contributed by atoms with Crippen LogP contribution in [0.1, 0.15) is 43.9 Å². The Morgan fingerprint density at radius 3 is 2.38 bits per heavy atom. The first-order valence-corrected chi connectivity index (χ1v) is 7.66. The van der Waals surface area contributed by atoms with E-state index in [2.05, 4.69) is 57.9 Å². The summed E-state index contributed by atoms with van der Waals surface area (Å²) < 4.78 is 0. The van der Waals surface area contributed by atoms with Crippen molar-refractivity contribution in [1.29, 1.82) is 0 Å². The molecule has 1 aromatic carbocycles. The van der Waals surface area contributed by atoms with Gasteiger partial charge in [0.05, 0.1) is 0 Å². The summed E-state index contributed by atoms with van der Waals surface area (Å²) in [6.45, 7) is 5.87. The molecule has 0 spiro atoms. The van der Waals surface area contributed by atoms with Gasteiger partial charge in [-0.15, -0.1) is 0 Å². The van der Waals surface area contributed by atoms with E-state index in [1.54, 1.807) is 0 Å². The molecular formula is C17H24N4. The maximum atomic E-state index is 4.30. The van der Waals surface area contributed by atoms with Gasteiger partial charge in [0.1, 0.15) is 0 Å². The van der Waals surface area contributed by atoms with Crippen LogP contribution in [0.5, 0.6) is 0 Å². The molecule has 2 N–H and O–H groups in total. The lowest BCUT2D eigenvalue weighted by atomic mass is 10.0. The number of nitrogens with zero attached hydrogens (tertiary/aromatic N) is 2. The van der Waals surface area contributed by atoms with Crippen molar-refractivity contribution in [2.24, 2.45) is 0 Å². The van der Waals surface area contributed by atoms with E-state index in [0.29, 0.717) is 12.0 Å². The average Bonchev–Trinajstić information content (AvgIpc) is 2.54. The number of benzene rings is 1. The van der Waals surface area contributed by atoms with Crippen LogP contribution in [0.2, 0.25) is 0 Å². The maximum Gasteiger partial charge on any atom is 0.222 e. The molecule has 112 valence electrons. The standard InChI is InChI=1S/C17H24N4/c1-3-8-16(15-9-6-5-7-10-15)19-11-14-12-20-17(18-4-2)21-13-14/h5-7,9-10,12-13,16,19H,3-4,8,11H2,1-2H3,(H,18,20,21). The summed E-state index contributed by atoms with van der Waals surface area (Å²) in [6, 6.07) is 11.0. The fourth-order valence-electron chi connectivity index (χ4n) is 2.30. The largest absolute Gasteiger partial charge is 0.355 e. The zero-order chi connectivity index (χ0) is 14.9. The first-order chi connectivity index (χ1) is 10.3. The molecule has 0 aliphatic heterocycles. The van der Waals surface area contributed by atoms with Crippen LogP contribution in [0.4, 0.5) is 5.95 Å². The van der Waals surface area contributed by atoms with Gasteiger partial charge >= 0.3 is 0 Å². The number of rotatable bonds is 8. The predicted octanol–water partition coefficient (Wildman–Crippen LogP) is 3.54. The first kappa shape index (κ1) is 15.4. The third-order valence-electron chi connectivity index (χ3n) is 3.37. The molecule has 1 aromatic heterocycles. The average molecular weight is 284 g/mol. The van der Waals surface area contributed by atoms with Gasteiger partial charge in [-0.05, 0) is 18.9 Å². The molecule has 0 fully saturated rings. The number of hydrogen-bond donors (Lipinski definition) is 2. The van der Waals surface area contributed by atoms with E-state index >= 15 is 0 Å². The summed E-state index contributed by atoms with van der Waals surface area (Å²) >= 11 is 0. The zero-order valence-corrected chi connectivity index (χ0v) is 12.8. The summed E-state index contributed by atoms with van der Waals surface area (Å²) in [5, 5.41) is 6.71. The van der Waals surface area contributed by atoms with Crippen molar-refractivity contribution in [3.05, 3.63) is 53.9 Å². The lowest BCUT2D eigenvalue weighted by molar-refractivity contribution is 0.492. The van der Waals surface area contributed by atoms with Crippen LogP contribution in [-0.2, 0) is 6.54 Å². The maximum absolute atomic E-state index is 4.30. The molecule has 1 atom stereocenters. The Kier molecular flexibility index (Phi) is 6.16. The van der Waals surface area contributed by atoms with Crippen molar-refractivity contribution in [2.75, 3.05) is 11.9 Å². The third-order valence-corrected chi connectivity index (χ3v) is 3.37. The quantitative estimate of drug-likeness (QED) is 0.778. The molecule has 4 nitrogen and oxygen atoms in total. The normalized spacial score (nSPS) is 12.1.